The Morgan fingerprint density at radius 3 is 2.57 bits per heavy atom. The van der Waals surface area contributed by atoms with Crippen LogP contribution in [0.25, 0.3) is 0 Å². The van der Waals surface area contributed by atoms with Crippen molar-refractivity contribution in [2.45, 2.75) is 63.1 Å². The van der Waals surface area contributed by atoms with Crippen LogP contribution in [0, 0.1) is 0 Å². The van der Waals surface area contributed by atoms with E-state index in [1.54, 1.807) is 13.2 Å². The molecule has 0 radical (unpaired) electrons. The second kappa shape index (κ2) is 9.14. The van der Waals surface area contributed by atoms with Crippen molar-refractivity contribution in [3.63, 3.8) is 0 Å². The number of rotatable bonds is 6. The van der Waals surface area contributed by atoms with Gasteiger partial charge in [-0.25, -0.2) is 0 Å². The van der Waals surface area contributed by atoms with E-state index in [-0.39, 0.29) is 18.1 Å². The number of ether oxygens (including phenoxy) is 2. The maximum absolute atomic E-state index is 12.5. The first-order chi connectivity index (χ1) is 13.7. The third-order valence-electron chi connectivity index (χ3n) is 6.43. The third kappa shape index (κ3) is 4.61. The van der Waals surface area contributed by atoms with Gasteiger partial charge in [0.15, 0.2) is 11.5 Å². The molecule has 154 valence electrons. The minimum Gasteiger partial charge on any atom is -0.493 e. The number of methoxy groups -OCH3 is 1. The molecule has 0 aromatic heterocycles. The lowest BCUT2D eigenvalue weighted by Crippen LogP contribution is -2.43. The lowest BCUT2D eigenvalue weighted by molar-refractivity contribution is 0.0750. The molecule has 1 saturated carbocycles. The Morgan fingerprint density at radius 1 is 1.11 bits per heavy atom. The standard InChI is InChI=1S/C22H33N3O3/c1-27-21-14-16(22(26)24-17-8-11-23-15-17)6-7-20(21)28-19-9-12-25(13-10-19)18-4-2-3-5-18/h6-7,14,17-19,23H,2-5,8-13,15H2,1H3,(H,24,26). The van der Waals surface area contributed by atoms with Gasteiger partial charge >= 0.3 is 0 Å². The number of likely N-dealkylation sites (tertiary alicyclic amines) is 1. The molecule has 1 aromatic carbocycles. The summed E-state index contributed by atoms with van der Waals surface area (Å²) in [7, 11) is 1.63. The quantitative estimate of drug-likeness (QED) is 0.786. The Hall–Kier alpha value is -1.79. The topological polar surface area (TPSA) is 62.8 Å². The van der Waals surface area contributed by atoms with Crippen molar-refractivity contribution < 1.29 is 14.3 Å². The van der Waals surface area contributed by atoms with Crippen molar-refractivity contribution in [2.75, 3.05) is 33.3 Å². The molecule has 4 rings (SSSR count). The highest BCUT2D eigenvalue weighted by Gasteiger charge is 2.28. The summed E-state index contributed by atoms with van der Waals surface area (Å²) in [6, 6.07) is 6.51. The summed E-state index contributed by atoms with van der Waals surface area (Å²) in [5.41, 5.74) is 0.618. The Balaban J connectivity index is 1.33. The summed E-state index contributed by atoms with van der Waals surface area (Å²) in [6.07, 6.45) is 8.79. The number of benzene rings is 1. The van der Waals surface area contributed by atoms with Gasteiger partial charge in [0.05, 0.1) is 7.11 Å². The fourth-order valence-electron chi connectivity index (χ4n) is 4.76. The van der Waals surface area contributed by atoms with Crippen molar-refractivity contribution in [3.05, 3.63) is 23.8 Å². The number of nitrogens with one attached hydrogen (secondary N) is 2. The van der Waals surface area contributed by atoms with E-state index in [2.05, 4.69) is 15.5 Å². The highest BCUT2D eigenvalue weighted by Crippen LogP contribution is 2.32. The predicted molar refractivity (Wildman–Crippen MR) is 109 cm³/mol. The molecule has 6 heteroatoms. The van der Waals surface area contributed by atoms with Crippen LogP contribution in [-0.2, 0) is 0 Å². The van der Waals surface area contributed by atoms with Gasteiger partial charge < -0.3 is 25.0 Å². The van der Waals surface area contributed by atoms with Crippen LogP contribution in [0.2, 0.25) is 0 Å². The maximum atomic E-state index is 12.5. The largest absolute Gasteiger partial charge is 0.493 e. The lowest BCUT2D eigenvalue weighted by atomic mass is 10.0. The Labute approximate surface area is 168 Å². The molecule has 1 aliphatic carbocycles. The minimum absolute atomic E-state index is 0.0524. The van der Waals surface area contributed by atoms with E-state index >= 15 is 0 Å². The van der Waals surface area contributed by atoms with Gasteiger partial charge in [-0.3, -0.25) is 4.79 Å². The van der Waals surface area contributed by atoms with Crippen LogP contribution >= 0.6 is 0 Å². The number of hydrogen-bond acceptors (Lipinski definition) is 5. The van der Waals surface area contributed by atoms with E-state index in [0.29, 0.717) is 11.3 Å². The molecule has 1 unspecified atom stereocenters. The monoisotopic (exact) mass is 387 g/mol. The molecule has 2 aliphatic heterocycles. The van der Waals surface area contributed by atoms with Crippen LogP contribution in [0.4, 0.5) is 0 Å². The highest BCUT2D eigenvalue weighted by molar-refractivity contribution is 5.95. The Morgan fingerprint density at radius 2 is 1.89 bits per heavy atom. The number of piperidine rings is 1. The van der Waals surface area contributed by atoms with Gasteiger partial charge in [0.2, 0.25) is 0 Å². The molecule has 0 spiro atoms. The van der Waals surface area contributed by atoms with E-state index < -0.39 is 0 Å². The van der Waals surface area contributed by atoms with E-state index in [4.69, 9.17) is 9.47 Å². The van der Waals surface area contributed by atoms with E-state index in [0.717, 1.165) is 57.2 Å². The molecular formula is C22H33N3O3. The Bertz CT molecular complexity index is 661. The van der Waals surface area contributed by atoms with Crippen LogP contribution in [0.1, 0.15) is 55.3 Å². The zero-order chi connectivity index (χ0) is 19.3. The molecular weight excluding hydrogens is 354 g/mol. The molecule has 3 aliphatic rings. The first-order valence-corrected chi connectivity index (χ1v) is 10.8. The second-order valence-corrected chi connectivity index (χ2v) is 8.32. The van der Waals surface area contributed by atoms with Crippen molar-refractivity contribution in [1.29, 1.82) is 0 Å². The summed E-state index contributed by atoms with van der Waals surface area (Å²) >= 11 is 0. The number of nitrogens with zero attached hydrogens (tertiary/aromatic N) is 1. The molecule has 1 amide bonds. The smallest absolute Gasteiger partial charge is 0.251 e. The zero-order valence-electron chi connectivity index (χ0n) is 16.9. The summed E-state index contributed by atoms with van der Waals surface area (Å²) in [4.78, 5) is 15.1. The van der Waals surface area contributed by atoms with Crippen LogP contribution in [0.5, 0.6) is 11.5 Å². The summed E-state index contributed by atoms with van der Waals surface area (Å²) in [5.74, 6) is 1.32. The fourth-order valence-corrected chi connectivity index (χ4v) is 4.76. The third-order valence-corrected chi connectivity index (χ3v) is 6.43. The van der Waals surface area contributed by atoms with Crippen LogP contribution in [0.3, 0.4) is 0 Å². The summed E-state index contributed by atoms with van der Waals surface area (Å²) in [6.45, 7) is 4.03. The Kier molecular flexibility index (Phi) is 6.37. The molecule has 0 bridgehead atoms. The zero-order valence-corrected chi connectivity index (χ0v) is 16.9. The molecule has 2 N–H and O–H groups in total. The average Bonchev–Trinajstić information content (AvgIpc) is 3.43. The van der Waals surface area contributed by atoms with E-state index in [9.17, 15) is 4.79 Å². The van der Waals surface area contributed by atoms with Gasteiger partial charge in [0.1, 0.15) is 6.10 Å². The average molecular weight is 388 g/mol. The molecule has 6 nitrogen and oxygen atoms in total. The van der Waals surface area contributed by atoms with Gasteiger partial charge in [-0.1, -0.05) is 12.8 Å². The molecule has 2 heterocycles. The number of carbonyl (C=O) groups excluding carboxylic acids is 1. The predicted octanol–water partition coefficient (Wildman–Crippen LogP) is 2.57. The van der Waals surface area contributed by atoms with Gasteiger partial charge in [-0.15, -0.1) is 0 Å². The van der Waals surface area contributed by atoms with Crippen molar-refractivity contribution in [1.82, 2.24) is 15.5 Å². The molecule has 3 fully saturated rings. The first-order valence-electron chi connectivity index (χ1n) is 10.8. The van der Waals surface area contributed by atoms with Crippen molar-refractivity contribution in [2.24, 2.45) is 0 Å². The van der Waals surface area contributed by atoms with E-state index in [1.807, 2.05) is 12.1 Å². The van der Waals surface area contributed by atoms with Crippen LogP contribution < -0.4 is 20.1 Å². The minimum atomic E-state index is -0.0524. The van der Waals surface area contributed by atoms with Gasteiger partial charge in [0, 0.05) is 37.3 Å². The van der Waals surface area contributed by atoms with Gasteiger partial charge in [-0.2, -0.15) is 0 Å². The summed E-state index contributed by atoms with van der Waals surface area (Å²) < 4.78 is 11.8. The van der Waals surface area contributed by atoms with Gasteiger partial charge in [-0.05, 0) is 56.8 Å². The molecule has 1 aromatic rings. The van der Waals surface area contributed by atoms with Crippen molar-refractivity contribution >= 4 is 5.91 Å². The second-order valence-electron chi connectivity index (χ2n) is 8.32. The fraction of sp³-hybridized carbons (Fsp3) is 0.682. The highest BCUT2D eigenvalue weighted by atomic mass is 16.5. The van der Waals surface area contributed by atoms with E-state index in [1.165, 1.54) is 25.7 Å². The lowest BCUT2D eigenvalue weighted by Gasteiger charge is -2.36. The number of amides is 1. The van der Waals surface area contributed by atoms with Gasteiger partial charge in [0.25, 0.3) is 5.91 Å². The molecule has 28 heavy (non-hydrogen) atoms. The SMILES string of the molecule is COc1cc(C(=O)NC2CCNC2)ccc1OC1CCN(C2CCCC2)CC1. The number of carbonyl (C=O) groups is 1. The summed E-state index contributed by atoms with van der Waals surface area (Å²) in [5, 5.41) is 6.34. The van der Waals surface area contributed by atoms with Crippen molar-refractivity contribution in [3.8, 4) is 11.5 Å². The maximum Gasteiger partial charge on any atom is 0.251 e. The van der Waals surface area contributed by atoms with Crippen LogP contribution in [-0.4, -0.2) is 62.3 Å². The molecule has 2 saturated heterocycles. The normalized spacial score (nSPS) is 24.4. The molecule has 1 atom stereocenters. The number of hydrogen-bond donors (Lipinski definition) is 2. The van der Waals surface area contributed by atoms with Crippen LogP contribution in [0.15, 0.2) is 18.2 Å². The first kappa shape index (κ1) is 19.5.